The third-order valence-corrected chi connectivity index (χ3v) is 4.75. The average Bonchev–Trinajstić information content (AvgIpc) is 2.90. The largest absolute Gasteiger partial charge is 0.623 e. The van der Waals surface area contributed by atoms with Crippen molar-refractivity contribution >= 4 is 34.7 Å². The molecule has 0 saturated heterocycles. The maximum absolute atomic E-state index is 12.6. The first kappa shape index (κ1) is 21.9. The summed E-state index contributed by atoms with van der Waals surface area (Å²) in [5, 5.41) is 25.1. The van der Waals surface area contributed by atoms with Gasteiger partial charge < -0.3 is 21.4 Å². The molecule has 4 rings (SSSR count). The third-order valence-electron chi connectivity index (χ3n) is 4.52. The van der Waals surface area contributed by atoms with Gasteiger partial charge in [0, 0.05) is 17.6 Å². The Labute approximate surface area is 184 Å². The molecule has 0 radical (unpaired) electrons. The summed E-state index contributed by atoms with van der Waals surface area (Å²) in [5.74, 6) is -0.0624. The highest BCUT2D eigenvalue weighted by Gasteiger charge is 2.24. The van der Waals surface area contributed by atoms with Crippen molar-refractivity contribution in [2.45, 2.75) is 0 Å². The standard InChI is InChI=1S/C16H14ClN3O.C7H7NO2/c1-18-15-10-20(21)16(11-5-3-2-4-6-11)13-9-12(17)7-8-14(13)19-15;8-7(10)5-3-1-2-4-6(5)9/h2-9H,10H2,1H3,(H,18,19);1-4,9H,(H2,8,10). The number of likely N-dealkylation sites (N-methyl/N-ethyl adjacent to an activating group) is 1. The second-order valence-corrected chi connectivity index (χ2v) is 7.04. The number of hydrogen-bond acceptors (Lipinski definition) is 5. The van der Waals surface area contributed by atoms with E-state index in [1.807, 2.05) is 36.4 Å². The van der Waals surface area contributed by atoms with Crippen molar-refractivity contribution in [2.75, 3.05) is 13.6 Å². The fourth-order valence-corrected chi connectivity index (χ4v) is 3.21. The number of rotatable bonds is 2. The summed E-state index contributed by atoms with van der Waals surface area (Å²) < 4.78 is 0.951. The number of amides is 1. The molecule has 0 spiro atoms. The van der Waals surface area contributed by atoms with Gasteiger partial charge in [0.2, 0.25) is 12.3 Å². The predicted octanol–water partition coefficient (Wildman–Crippen LogP) is 3.44. The van der Waals surface area contributed by atoms with Gasteiger partial charge in [0.25, 0.3) is 5.91 Å². The van der Waals surface area contributed by atoms with Gasteiger partial charge in [-0.3, -0.25) is 4.79 Å². The van der Waals surface area contributed by atoms with Crippen LogP contribution in [-0.4, -0.2) is 40.9 Å². The summed E-state index contributed by atoms with van der Waals surface area (Å²) >= 11 is 6.10. The van der Waals surface area contributed by atoms with Crippen LogP contribution in [0.15, 0.2) is 77.8 Å². The van der Waals surface area contributed by atoms with Crippen LogP contribution in [0.3, 0.4) is 0 Å². The molecular formula is C23H21ClN4O3. The van der Waals surface area contributed by atoms with Gasteiger partial charge in [0.1, 0.15) is 5.75 Å². The summed E-state index contributed by atoms with van der Waals surface area (Å²) in [6.07, 6.45) is 0. The van der Waals surface area contributed by atoms with E-state index in [1.165, 1.54) is 12.1 Å². The number of aliphatic imine (C=N–C) groups is 1. The van der Waals surface area contributed by atoms with Crippen LogP contribution >= 0.6 is 11.6 Å². The fourth-order valence-electron chi connectivity index (χ4n) is 3.04. The maximum Gasteiger partial charge on any atom is 0.252 e. The Balaban J connectivity index is 0.000000229. The lowest BCUT2D eigenvalue weighted by atomic mass is 10.0. The van der Waals surface area contributed by atoms with Crippen LogP contribution in [0.4, 0.5) is 5.69 Å². The Morgan fingerprint density at radius 3 is 2.42 bits per heavy atom. The molecule has 0 unspecified atom stereocenters. The van der Waals surface area contributed by atoms with Gasteiger partial charge in [0.15, 0.2) is 5.84 Å². The SMILES string of the molecule is CNC1=Nc2ccc(Cl)cc2C(c2ccccc2)=[N+]([O-])C1.NC(=O)c1ccccc1O. The molecule has 1 aliphatic heterocycles. The van der Waals surface area contributed by atoms with Crippen molar-refractivity contribution in [3.8, 4) is 5.75 Å². The summed E-state index contributed by atoms with van der Waals surface area (Å²) in [6.45, 7) is 0.174. The molecule has 0 aliphatic carbocycles. The lowest BCUT2D eigenvalue weighted by Crippen LogP contribution is -2.29. The van der Waals surface area contributed by atoms with Gasteiger partial charge in [-0.1, -0.05) is 41.9 Å². The molecule has 1 aliphatic rings. The number of aromatic hydroxyl groups is 1. The van der Waals surface area contributed by atoms with Gasteiger partial charge in [-0.25, -0.2) is 4.99 Å². The Morgan fingerprint density at radius 2 is 1.81 bits per heavy atom. The van der Waals surface area contributed by atoms with E-state index in [0.29, 0.717) is 16.6 Å². The lowest BCUT2D eigenvalue weighted by Gasteiger charge is -2.10. The number of halogens is 1. The highest BCUT2D eigenvalue weighted by atomic mass is 35.5. The highest BCUT2D eigenvalue weighted by molar-refractivity contribution is 6.31. The van der Waals surface area contributed by atoms with Crippen LogP contribution in [0.1, 0.15) is 21.5 Å². The van der Waals surface area contributed by atoms with Crippen molar-refractivity contribution in [3.05, 3.63) is 99.7 Å². The Bertz CT molecular complexity index is 1160. The van der Waals surface area contributed by atoms with Crippen LogP contribution in [-0.2, 0) is 0 Å². The van der Waals surface area contributed by atoms with Gasteiger partial charge in [-0.2, -0.15) is 4.74 Å². The number of nitrogens with two attached hydrogens (primary N) is 1. The van der Waals surface area contributed by atoms with Crippen LogP contribution in [0.5, 0.6) is 5.75 Å². The number of primary amides is 1. The molecule has 1 amide bonds. The molecule has 0 bridgehead atoms. The monoisotopic (exact) mass is 436 g/mol. The molecule has 1 heterocycles. The Hall–Kier alpha value is -3.84. The van der Waals surface area contributed by atoms with Gasteiger partial charge in [-0.05, 0) is 42.5 Å². The quantitative estimate of drug-likeness (QED) is 0.421. The maximum atomic E-state index is 12.6. The number of carbonyl (C=O) groups is 1. The summed E-state index contributed by atoms with van der Waals surface area (Å²) in [7, 11) is 1.76. The second kappa shape index (κ2) is 9.77. The van der Waals surface area contributed by atoms with Crippen LogP contribution in [0, 0.1) is 5.21 Å². The van der Waals surface area contributed by atoms with Crippen molar-refractivity contribution in [2.24, 2.45) is 10.7 Å². The van der Waals surface area contributed by atoms with E-state index in [4.69, 9.17) is 22.4 Å². The normalized spacial score (nSPS) is 12.6. The summed E-state index contributed by atoms with van der Waals surface area (Å²) in [6, 6.07) is 21.1. The zero-order chi connectivity index (χ0) is 22.4. The van der Waals surface area contributed by atoms with Gasteiger partial charge >= 0.3 is 0 Å². The number of carbonyl (C=O) groups excluding carboxylic acids is 1. The number of para-hydroxylation sites is 1. The van der Waals surface area contributed by atoms with E-state index in [9.17, 15) is 10.0 Å². The molecule has 8 heteroatoms. The predicted molar refractivity (Wildman–Crippen MR) is 122 cm³/mol. The molecule has 158 valence electrons. The van der Waals surface area contributed by atoms with E-state index in [1.54, 1.807) is 31.3 Å². The van der Waals surface area contributed by atoms with Crippen molar-refractivity contribution in [1.82, 2.24) is 5.32 Å². The zero-order valence-electron chi connectivity index (χ0n) is 16.7. The molecule has 3 aromatic rings. The molecular weight excluding hydrogens is 416 g/mol. The van der Waals surface area contributed by atoms with Crippen LogP contribution in [0.25, 0.3) is 0 Å². The number of nitrogens with one attached hydrogen (secondary N) is 1. The van der Waals surface area contributed by atoms with Gasteiger partial charge in [0.05, 0.1) is 16.8 Å². The first-order valence-electron chi connectivity index (χ1n) is 9.40. The first-order valence-corrected chi connectivity index (χ1v) is 9.78. The van der Waals surface area contributed by atoms with Crippen LogP contribution < -0.4 is 11.1 Å². The number of phenols is 1. The molecule has 31 heavy (non-hydrogen) atoms. The molecule has 3 aromatic carbocycles. The minimum atomic E-state index is -0.613. The molecule has 7 nitrogen and oxygen atoms in total. The molecule has 4 N–H and O–H groups in total. The zero-order valence-corrected chi connectivity index (χ0v) is 17.5. The van der Waals surface area contributed by atoms with Gasteiger partial charge in [-0.15, -0.1) is 0 Å². The molecule has 0 atom stereocenters. The topological polar surface area (TPSA) is 114 Å². The number of fused-ring (bicyclic) bond motifs is 1. The van der Waals surface area contributed by atoms with E-state index >= 15 is 0 Å². The van der Waals surface area contributed by atoms with Crippen molar-refractivity contribution < 1.29 is 14.6 Å². The number of amidine groups is 1. The second-order valence-electron chi connectivity index (χ2n) is 6.60. The lowest BCUT2D eigenvalue weighted by molar-refractivity contribution is -0.439. The summed E-state index contributed by atoms with van der Waals surface area (Å²) in [5.41, 5.74) is 7.99. The van der Waals surface area contributed by atoms with Crippen molar-refractivity contribution in [1.29, 1.82) is 0 Å². The number of hydrogen-bond donors (Lipinski definition) is 3. The minimum absolute atomic E-state index is 0.0741. The number of hydroxylamine groups is 1. The van der Waals surface area contributed by atoms with Crippen LogP contribution in [0.2, 0.25) is 5.02 Å². The average molecular weight is 437 g/mol. The number of benzene rings is 3. The fraction of sp³-hybridized carbons (Fsp3) is 0.0870. The molecule has 0 aromatic heterocycles. The van der Waals surface area contributed by atoms with E-state index in [0.717, 1.165) is 21.6 Å². The smallest absolute Gasteiger partial charge is 0.252 e. The van der Waals surface area contributed by atoms with E-state index in [2.05, 4.69) is 10.3 Å². The number of nitrogens with zero attached hydrogens (tertiary/aromatic N) is 2. The van der Waals surface area contributed by atoms with E-state index < -0.39 is 5.91 Å². The van der Waals surface area contributed by atoms with Crippen molar-refractivity contribution in [3.63, 3.8) is 0 Å². The molecule has 0 fully saturated rings. The molecule has 0 saturated carbocycles. The Kier molecular flexibility index (Phi) is 6.89. The Morgan fingerprint density at radius 1 is 1.13 bits per heavy atom. The highest BCUT2D eigenvalue weighted by Crippen LogP contribution is 2.28. The third kappa shape index (κ3) is 5.21. The van der Waals surface area contributed by atoms with E-state index in [-0.39, 0.29) is 17.9 Å². The minimum Gasteiger partial charge on any atom is -0.623 e. The summed E-state index contributed by atoms with van der Waals surface area (Å²) in [4.78, 5) is 15.0. The first-order chi connectivity index (χ1) is 14.9.